The van der Waals surface area contributed by atoms with E-state index in [1.807, 2.05) is 0 Å². The summed E-state index contributed by atoms with van der Waals surface area (Å²) in [6, 6.07) is 8.65. The van der Waals surface area contributed by atoms with Gasteiger partial charge in [-0.15, -0.1) is 0 Å². The van der Waals surface area contributed by atoms with Gasteiger partial charge in [0.05, 0.1) is 17.6 Å². The standard InChI is InChI=1S/C18H12F4N2O3/c19-11-4-1-9(2-5-11)8-24-13-7-10(18(20,21)22)3-6-12(13)14(23-24)15-16(27-15)17(25)26/h1-7,15-16H,8H2,(H,25,26). The second-order valence-corrected chi connectivity index (χ2v) is 6.21. The molecule has 1 aliphatic rings. The minimum Gasteiger partial charge on any atom is -0.479 e. The Bertz CT molecular complexity index is 1030. The largest absolute Gasteiger partial charge is 0.479 e. The van der Waals surface area contributed by atoms with Crippen LogP contribution in [0.25, 0.3) is 10.9 Å². The van der Waals surface area contributed by atoms with Crippen molar-refractivity contribution in [3.63, 3.8) is 0 Å². The van der Waals surface area contributed by atoms with E-state index in [9.17, 15) is 22.4 Å². The fourth-order valence-electron chi connectivity index (χ4n) is 2.98. The van der Waals surface area contributed by atoms with Gasteiger partial charge in [0.2, 0.25) is 0 Å². The summed E-state index contributed by atoms with van der Waals surface area (Å²) < 4.78 is 58.8. The maximum atomic E-state index is 13.1. The molecule has 2 atom stereocenters. The van der Waals surface area contributed by atoms with Gasteiger partial charge in [-0.1, -0.05) is 18.2 Å². The van der Waals surface area contributed by atoms with Crippen molar-refractivity contribution in [1.82, 2.24) is 9.78 Å². The lowest BCUT2D eigenvalue weighted by Crippen LogP contribution is -2.06. The third kappa shape index (κ3) is 3.25. The summed E-state index contributed by atoms with van der Waals surface area (Å²) in [5.74, 6) is -1.59. The zero-order valence-electron chi connectivity index (χ0n) is 13.6. The Morgan fingerprint density at radius 1 is 1.19 bits per heavy atom. The Hall–Kier alpha value is -2.94. The monoisotopic (exact) mass is 380 g/mol. The van der Waals surface area contributed by atoms with Crippen molar-refractivity contribution in [1.29, 1.82) is 0 Å². The number of hydrogen-bond acceptors (Lipinski definition) is 3. The summed E-state index contributed by atoms with van der Waals surface area (Å²) in [5.41, 5.74) is 0.265. The highest BCUT2D eigenvalue weighted by molar-refractivity contribution is 5.85. The van der Waals surface area contributed by atoms with Crippen LogP contribution in [0.4, 0.5) is 17.6 Å². The fraction of sp³-hybridized carbons (Fsp3) is 0.222. The number of carboxylic acids is 1. The van der Waals surface area contributed by atoms with Crippen LogP contribution in [0, 0.1) is 5.82 Å². The van der Waals surface area contributed by atoms with Crippen LogP contribution < -0.4 is 0 Å². The normalized spacial score (nSPS) is 19.4. The Morgan fingerprint density at radius 3 is 2.48 bits per heavy atom. The fourth-order valence-corrected chi connectivity index (χ4v) is 2.98. The second-order valence-electron chi connectivity index (χ2n) is 6.21. The van der Waals surface area contributed by atoms with Crippen molar-refractivity contribution in [2.75, 3.05) is 0 Å². The van der Waals surface area contributed by atoms with Gasteiger partial charge in [-0.25, -0.2) is 9.18 Å². The van der Waals surface area contributed by atoms with Crippen molar-refractivity contribution in [3.8, 4) is 0 Å². The highest BCUT2D eigenvalue weighted by atomic mass is 19.4. The molecule has 1 aliphatic heterocycles. The number of aliphatic carboxylic acids is 1. The predicted octanol–water partition coefficient (Wildman–Crippen LogP) is 3.77. The van der Waals surface area contributed by atoms with Gasteiger partial charge < -0.3 is 9.84 Å². The molecule has 1 saturated heterocycles. The molecular weight excluding hydrogens is 368 g/mol. The number of benzene rings is 2. The molecule has 0 spiro atoms. The van der Waals surface area contributed by atoms with Crippen LogP contribution in [-0.4, -0.2) is 27.0 Å². The summed E-state index contributed by atoms with van der Waals surface area (Å²) >= 11 is 0. The molecule has 140 valence electrons. The molecule has 1 fully saturated rings. The Labute approximate surface area is 149 Å². The lowest BCUT2D eigenvalue weighted by molar-refractivity contribution is -0.138. The van der Waals surface area contributed by atoms with E-state index in [0.717, 1.165) is 12.1 Å². The number of fused-ring (bicyclic) bond motifs is 1. The first-order valence-electron chi connectivity index (χ1n) is 7.94. The predicted molar refractivity (Wildman–Crippen MR) is 85.5 cm³/mol. The van der Waals surface area contributed by atoms with Crippen LogP contribution in [0.5, 0.6) is 0 Å². The van der Waals surface area contributed by atoms with E-state index < -0.39 is 35.7 Å². The molecule has 27 heavy (non-hydrogen) atoms. The molecule has 5 nitrogen and oxygen atoms in total. The number of carbonyl (C=O) groups is 1. The average molecular weight is 380 g/mol. The summed E-state index contributed by atoms with van der Waals surface area (Å²) in [6.07, 6.45) is -6.40. The number of hydrogen-bond donors (Lipinski definition) is 1. The first-order valence-corrected chi connectivity index (χ1v) is 7.94. The van der Waals surface area contributed by atoms with Crippen LogP contribution in [0.2, 0.25) is 0 Å². The number of epoxide rings is 1. The number of ether oxygens (including phenoxy) is 1. The Balaban J connectivity index is 1.80. The first-order chi connectivity index (χ1) is 12.7. The zero-order chi connectivity index (χ0) is 19.3. The van der Waals surface area contributed by atoms with Gasteiger partial charge in [0, 0.05) is 5.39 Å². The third-order valence-electron chi connectivity index (χ3n) is 4.36. The molecule has 0 amide bonds. The van der Waals surface area contributed by atoms with Gasteiger partial charge in [0.1, 0.15) is 17.6 Å². The minimum atomic E-state index is -4.53. The van der Waals surface area contributed by atoms with Crippen molar-refractivity contribution >= 4 is 16.9 Å². The Kier molecular flexibility index (Phi) is 3.92. The average Bonchev–Trinajstić information content (AvgIpc) is 3.33. The van der Waals surface area contributed by atoms with Crippen molar-refractivity contribution in [2.45, 2.75) is 24.9 Å². The van der Waals surface area contributed by atoms with E-state index in [-0.39, 0.29) is 17.8 Å². The maximum Gasteiger partial charge on any atom is 0.416 e. The first kappa shape index (κ1) is 17.5. The maximum absolute atomic E-state index is 13.1. The molecule has 1 aromatic heterocycles. The number of rotatable bonds is 4. The van der Waals surface area contributed by atoms with E-state index in [4.69, 9.17) is 9.84 Å². The molecule has 2 aromatic carbocycles. The molecule has 0 radical (unpaired) electrons. The molecule has 2 unspecified atom stereocenters. The number of carboxylic acid groups (broad SMARTS) is 1. The molecule has 2 heterocycles. The van der Waals surface area contributed by atoms with Crippen LogP contribution in [0.15, 0.2) is 42.5 Å². The minimum absolute atomic E-state index is 0.0998. The molecular formula is C18H12F4N2O3. The second kappa shape index (κ2) is 6.05. The topological polar surface area (TPSA) is 67.7 Å². The van der Waals surface area contributed by atoms with E-state index in [2.05, 4.69) is 5.10 Å². The molecule has 4 rings (SSSR count). The highest BCUT2D eigenvalue weighted by Crippen LogP contribution is 2.42. The quantitative estimate of drug-likeness (QED) is 0.553. The van der Waals surface area contributed by atoms with Crippen LogP contribution in [0.3, 0.4) is 0 Å². The van der Waals surface area contributed by atoms with Crippen molar-refractivity contribution < 1.29 is 32.2 Å². The SMILES string of the molecule is O=C(O)C1OC1c1nn(Cc2ccc(F)cc2)c2cc(C(F)(F)F)ccc12. The summed E-state index contributed by atoms with van der Waals surface area (Å²) in [4.78, 5) is 11.1. The summed E-state index contributed by atoms with van der Waals surface area (Å²) in [7, 11) is 0. The van der Waals surface area contributed by atoms with Crippen molar-refractivity contribution in [3.05, 3.63) is 65.1 Å². The molecule has 9 heteroatoms. The van der Waals surface area contributed by atoms with E-state index in [0.29, 0.717) is 10.9 Å². The van der Waals surface area contributed by atoms with E-state index >= 15 is 0 Å². The van der Waals surface area contributed by atoms with Gasteiger partial charge in [0.25, 0.3) is 0 Å². The summed E-state index contributed by atoms with van der Waals surface area (Å²) in [6.45, 7) is 0.0998. The van der Waals surface area contributed by atoms with Gasteiger partial charge in [-0.05, 0) is 29.8 Å². The summed E-state index contributed by atoms with van der Waals surface area (Å²) in [5, 5.41) is 13.7. The van der Waals surface area contributed by atoms with Gasteiger partial charge in [-0.2, -0.15) is 18.3 Å². The van der Waals surface area contributed by atoms with E-state index in [1.54, 1.807) is 0 Å². The number of alkyl halides is 3. The molecule has 0 bridgehead atoms. The molecule has 3 aromatic rings. The number of aromatic nitrogens is 2. The molecule has 0 aliphatic carbocycles. The molecule has 1 N–H and O–H groups in total. The van der Waals surface area contributed by atoms with Gasteiger partial charge >= 0.3 is 12.1 Å². The van der Waals surface area contributed by atoms with Gasteiger partial charge in [0.15, 0.2) is 6.10 Å². The lowest BCUT2D eigenvalue weighted by Gasteiger charge is -2.08. The van der Waals surface area contributed by atoms with Gasteiger partial charge in [-0.3, -0.25) is 4.68 Å². The van der Waals surface area contributed by atoms with Crippen LogP contribution in [-0.2, 0) is 22.3 Å². The van der Waals surface area contributed by atoms with E-state index in [1.165, 1.54) is 35.0 Å². The van der Waals surface area contributed by atoms with Crippen molar-refractivity contribution in [2.24, 2.45) is 0 Å². The number of nitrogens with zero attached hydrogens (tertiary/aromatic N) is 2. The Morgan fingerprint density at radius 2 is 1.89 bits per heavy atom. The van der Waals surface area contributed by atoms with Crippen LogP contribution >= 0.6 is 0 Å². The zero-order valence-corrected chi connectivity index (χ0v) is 13.6. The third-order valence-corrected chi connectivity index (χ3v) is 4.36. The smallest absolute Gasteiger partial charge is 0.416 e. The highest BCUT2D eigenvalue weighted by Gasteiger charge is 2.49. The lowest BCUT2D eigenvalue weighted by atomic mass is 10.1. The van der Waals surface area contributed by atoms with Crippen LogP contribution in [0.1, 0.15) is 22.9 Å². The number of halogens is 4. The molecule has 0 saturated carbocycles.